The summed E-state index contributed by atoms with van der Waals surface area (Å²) >= 11 is 0. The molecule has 0 spiro atoms. The highest BCUT2D eigenvalue weighted by Crippen LogP contribution is 2.29. The molecule has 1 fully saturated rings. The number of carbonyl (C=O) groups excluding carboxylic acids is 1. The first-order valence-electron chi connectivity index (χ1n) is 8.04. The first kappa shape index (κ1) is 22.5. The number of hydrogen-bond donors (Lipinski definition) is 1. The zero-order valence-electron chi connectivity index (χ0n) is 14.7. The lowest BCUT2D eigenvalue weighted by molar-refractivity contribution is -0.146. The molecule has 1 aromatic rings. The van der Waals surface area contributed by atoms with Gasteiger partial charge in [0.25, 0.3) is 0 Å². The van der Waals surface area contributed by atoms with Crippen molar-refractivity contribution in [2.45, 2.75) is 25.6 Å². The van der Waals surface area contributed by atoms with Crippen LogP contribution in [0.1, 0.15) is 24.0 Å². The molecule has 0 aliphatic carbocycles. The van der Waals surface area contributed by atoms with E-state index < -0.39 is 11.7 Å². The average Bonchev–Trinajstić information content (AvgIpc) is 2.61. The van der Waals surface area contributed by atoms with Crippen LogP contribution < -0.4 is 5.32 Å². The van der Waals surface area contributed by atoms with Gasteiger partial charge in [0.2, 0.25) is 0 Å². The van der Waals surface area contributed by atoms with Crippen molar-refractivity contribution in [1.29, 1.82) is 0 Å². The van der Waals surface area contributed by atoms with Gasteiger partial charge in [-0.15, -0.1) is 24.0 Å². The average molecular weight is 485 g/mol. The first-order chi connectivity index (χ1) is 11.8. The number of alkyl halides is 3. The van der Waals surface area contributed by atoms with Crippen LogP contribution in [0.4, 0.5) is 13.2 Å². The molecule has 146 valence electrons. The van der Waals surface area contributed by atoms with Crippen molar-refractivity contribution < 1.29 is 22.7 Å². The third-order valence-corrected chi connectivity index (χ3v) is 4.27. The molecule has 0 atom stereocenters. The molecule has 0 saturated carbocycles. The molecule has 5 nitrogen and oxygen atoms in total. The SMILES string of the molecule is CN=C(NCc1ccc(C(F)(F)F)cc1)N1CCC(C(=O)OC)CC1.I. The van der Waals surface area contributed by atoms with E-state index in [1.165, 1.54) is 19.2 Å². The normalized spacial score (nSPS) is 16.0. The minimum atomic E-state index is -4.33. The number of benzene rings is 1. The number of likely N-dealkylation sites (tertiary alicyclic amines) is 1. The van der Waals surface area contributed by atoms with Gasteiger partial charge in [0.1, 0.15) is 0 Å². The van der Waals surface area contributed by atoms with Crippen molar-refractivity contribution in [2.75, 3.05) is 27.2 Å². The zero-order valence-corrected chi connectivity index (χ0v) is 17.0. The Morgan fingerprint density at radius 3 is 2.31 bits per heavy atom. The van der Waals surface area contributed by atoms with E-state index in [2.05, 4.69) is 10.3 Å². The zero-order chi connectivity index (χ0) is 18.4. The fourth-order valence-corrected chi connectivity index (χ4v) is 2.82. The molecule has 0 bridgehead atoms. The summed E-state index contributed by atoms with van der Waals surface area (Å²) in [5.74, 6) is 0.393. The molecular formula is C17H23F3IN3O2. The van der Waals surface area contributed by atoms with Gasteiger partial charge in [-0.05, 0) is 30.5 Å². The van der Waals surface area contributed by atoms with Crippen LogP contribution in [0.3, 0.4) is 0 Å². The summed E-state index contributed by atoms with van der Waals surface area (Å²) in [7, 11) is 3.04. The minimum Gasteiger partial charge on any atom is -0.469 e. The number of rotatable bonds is 3. The number of aliphatic imine (C=N–C) groups is 1. The first-order valence-corrected chi connectivity index (χ1v) is 8.04. The number of halogens is 4. The monoisotopic (exact) mass is 485 g/mol. The van der Waals surface area contributed by atoms with Gasteiger partial charge in [0.05, 0.1) is 18.6 Å². The van der Waals surface area contributed by atoms with Gasteiger partial charge in [-0.1, -0.05) is 12.1 Å². The van der Waals surface area contributed by atoms with Crippen LogP contribution in [-0.2, 0) is 22.3 Å². The smallest absolute Gasteiger partial charge is 0.416 e. The Kier molecular flexibility index (Phi) is 8.65. The summed E-state index contributed by atoms with van der Waals surface area (Å²) in [5.41, 5.74) is 0.0733. The molecule has 1 aliphatic heterocycles. The number of nitrogens with zero attached hydrogens (tertiary/aromatic N) is 2. The maximum atomic E-state index is 12.6. The lowest BCUT2D eigenvalue weighted by Crippen LogP contribution is -2.46. The second-order valence-corrected chi connectivity index (χ2v) is 5.88. The third kappa shape index (κ3) is 6.03. The third-order valence-electron chi connectivity index (χ3n) is 4.27. The van der Waals surface area contributed by atoms with Crippen molar-refractivity contribution in [3.63, 3.8) is 0 Å². The number of piperidine rings is 1. The Labute approximate surface area is 168 Å². The summed E-state index contributed by atoms with van der Waals surface area (Å²) in [4.78, 5) is 17.8. The summed E-state index contributed by atoms with van der Waals surface area (Å²) in [6, 6.07) is 5.04. The fourth-order valence-electron chi connectivity index (χ4n) is 2.82. The molecule has 2 rings (SSSR count). The number of hydrogen-bond acceptors (Lipinski definition) is 3. The molecule has 1 saturated heterocycles. The second-order valence-electron chi connectivity index (χ2n) is 5.88. The van der Waals surface area contributed by atoms with Crippen molar-refractivity contribution >= 4 is 35.9 Å². The number of ether oxygens (including phenoxy) is 1. The van der Waals surface area contributed by atoms with Crippen LogP contribution in [0, 0.1) is 5.92 Å². The highest BCUT2D eigenvalue weighted by molar-refractivity contribution is 14.0. The van der Waals surface area contributed by atoms with Gasteiger partial charge in [0.15, 0.2) is 5.96 Å². The summed E-state index contributed by atoms with van der Waals surface area (Å²) in [6.45, 7) is 1.72. The standard InChI is InChI=1S/C17H22F3N3O2.HI/c1-21-16(23-9-7-13(8-10-23)15(24)25-2)22-11-12-3-5-14(6-4-12)17(18,19)20;/h3-6,13H,7-11H2,1-2H3,(H,21,22);1H. The van der Waals surface area contributed by atoms with Crippen molar-refractivity contribution in [2.24, 2.45) is 10.9 Å². The largest absolute Gasteiger partial charge is 0.469 e. The van der Waals surface area contributed by atoms with Crippen LogP contribution in [0.25, 0.3) is 0 Å². The summed E-state index contributed by atoms with van der Waals surface area (Å²) in [6.07, 6.45) is -2.95. The van der Waals surface area contributed by atoms with E-state index in [9.17, 15) is 18.0 Å². The molecule has 0 radical (unpaired) electrons. The van der Waals surface area contributed by atoms with Crippen molar-refractivity contribution in [3.8, 4) is 0 Å². The Morgan fingerprint density at radius 2 is 1.85 bits per heavy atom. The Bertz CT molecular complexity index is 613. The molecule has 9 heteroatoms. The van der Waals surface area contributed by atoms with E-state index in [0.717, 1.165) is 17.7 Å². The second kappa shape index (κ2) is 9.98. The van der Waals surface area contributed by atoms with Gasteiger partial charge < -0.3 is 15.0 Å². The van der Waals surface area contributed by atoms with Crippen molar-refractivity contribution in [1.82, 2.24) is 10.2 Å². The predicted octanol–water partition coefficient (Wildman–Crippen LogP) is 3.28. The molecular weight excluding hydrogens is 462 g/mol. The maximum absolute atomic E-state index is 12.6. The Balaban J connectivity index is 0.00000338. The molecule has 0 unspecified atom stereocenters. The number of methoxy groups -OCH3 is 1. The minimum absolute atomic E-state index is 0. The number of carbonyl (C=O) groups is 1. The number of guanidine groups is 1. The summed E-state index contributed by atoms with van der Waals surface area (Å²) in [5, 5.41) is 3.15. The molecule has 0 aromatic heterocycles. The van der Waals surface area contributed by atoms with E-state index in [0.29, 0.717) is 38.4 Å². The van der Waals surface area contributed by atoms with Gasteiger partial charge in [-0.25, -0.2) is 0 Å². The van der Waals surface area contributed by atoms with Gasteiger partial charge >= 0.3 is 12.1 Å². The molecule has 0 amide bonds. The molecule has 1 aromatic carbocycles. The predicted molar refractivity (Wildman–Crippen MR) is 103 cm³/mol. The quantitative estimate of drug-likeness (QED) is 0.309. The highest BCUT2D eigenvalue weighted by Gasteiger charge is 2.30. The maximum Gasteiger partial charge on any atom is 0.416 e. The fraction of sp³-hybridized carbons (Fsp3) is 0.529. The summed E-state index contributed by atoms with van der Waals surface area (Å²) < 4.78 is 42.5. The van der Waals surface area contributed by atoms with Crippen LogP contribution in [0.2, 0.25) is 0 Å². The van der Waals surface area contributed by atoms with E-state index in [1.54, 1.807) is 7.05 Å². The van der Waals surface area contributed by atoms with E-state index >= 15 is 0 Å². The topological polar surface area (TPSA) is 53.9 Å². The highest BCUT2D eigenvalue weighted by atomic mass is 127. The van der Waals surface area contributed by atoms with E-state index in [4.69, 9.17) is 4.74 Å². The van der Waals surface area contributed by atoms with E-state index in [-0.39, 0.29) is 35.9 Å². The molecule has 1 N–H and O–H groups in total. The molecule has 1 heterocycles. The van der Waals surface area contributed by atoms with Gasteiger partial charge in [0, 0.05) is 26.7 Å². The van der Waals surface area contributed by atoms with Crippen molar-refractivity contribution in [3.05, 3.63) is 35.4 Å². The van der Waals surface area contributed by atoms with Crippen LogP contribution in [-0.4, -0.2) is 44.1 Å². The van der Waals surface area contributed by atoms with Gasteiger partial charge in [-0.2, -0.15) is 13.2 Å². The van der Waals surface area contributed by atoms with E-state index in [1.807, 2.05) is 4.90 Å². The lowest BCUT2D eigenvalue weighted by Gasteiger charge is -2.33. The number of nitrogens with one attached hydrogen (secondary N) is 1. The Hall–Kier alpha value is -1.52. The number of esters is 1. The van der Waals surface area contributed by atoms with Crippen LogP contribution in [0.5, 0.6) is 0 Å². The van der Waals surface area contributed by atoms with Crippen LogP contribution in [0.15, 0.2) is 29.3 Å². The van der Waals surface area contributed by atoms with Gasteiger partial charge in [-0.3, -0.25) is 9.79 Å². The molecule has 26 heavy (non-hydrogen) atoms. The molecule has 1 aliphatic rings. The Morgan fingerprint density at radius 1 is 1.27 bits per heavy atom. The lowest BCUT2D eigenvalue weighted by atomic mass is 9.97. The van der Waals surface area contributed by atoms with Crippen LogP contribution >= 0.6 is 24.0 Å².